The first kappa shape index (κ1) is 20.1. The number of aryl methyl sites for hydroxylation is 3. The summed E-state index contributed by atoms with van der Waals surface area (Å²) in [5.74, 6) is 0.0923. The zero-order valence-electron chi connectivity index (χ0n) is 15.9. The van der Waals surface area contributed by atoms with Crippen LogP contribution < -0.4 is 0 Å². The highest BCUT2D eigenvalue weighted by molar-refractivity contribution is 7.91. The summed E-state index contributed by atoms with van der Waals surface area (Å²) in [6.07, 6.45) is 1.86. The predicted octanol–water partition coefficient (Wildman–Crippen LogP) is 5.74. The van der Waals surface area contributed by atoms with Gasteiger partial charge in [0, 0.05) is 17.0 Å². The van der Waals surface area contributed by atoms with Crippen LogP contribution in [0.25, 0.3) is 33.1 Å². The van der Waals surface area contributed by atoms with Crippen LogP contribution in [0.3, 0.4) is 0 Å². The van der Waals surface area contributed by atoms with Gasteiger partial charge in [-0.1, -0.05) is 32.5 Å². The van der Waals surface area contributed by atoms with E-state index in [1.165, 1.54) is 5.56 Å². The summed E-state index contributed by atoms with van der Waals surface area (Å²) in [5.41, 5.74) is 7.27. The molecule has 0 bridgehead atoms. The van der Waals surface area contributed by atoms with Crippen LogP contribution in [-0.4, -0.2) is 24.1 Å². The Morgan fingerprint density at radius 3 is 2.54 bits per heavy atom. The van der Waals surface area contributed by atoms with Gasteiger partial charge in [0.15, 0.2) is 9.84 Å². The summed E-state index contributed by atoms with van der Waals surface area (Å²) in [7, 11) is -3.26. The topological polar surface area (TPSA) is 62.8 Å². The van der Waals surface area contributed by atoms with Crippen LogP contribution in [0, 0.1) is 20.8 Å². The molecule has 146 valence electrons. The Labute approximate surface area is 166 Å². The molecule has 0 saturated carbocycles. The summed E-state index contributed by atoms with van der Waals surface area (Å²) < 4.78 is 24.7. The SMILES string of the molecule is C.CCS(=O)(=O)c1cccc(-c2cc(C)c(C)c3[nH]c4ncc(C)cc4c23)c1. The molecule has 4 nitrogen and oxygen atoms in total. The van der Waals surface area contributed by atoms with E-state index in [9.17, 15) is 8.42 Å². The van der Waals surface area contributed by atoms with Crippen molar-refractivity contribution < 1.29 is 8.42 Å². The maximum Gasteiger partial charge on any atom is 0.178 e. The number of nitrogens with zero attached hydrogens (tertiary/aromatic N) is 1. The molecule has 4 aromatic rings. The van der Waals surface area contributed by atoms with Crippen LogP contribution >= 0.6 is 0 Å². The Kier molecular flexibility index (Phi) is 5.06. The summed E-state index contributed by atoms with van der Waals surface area (Å²) in [4.78, 5) is 8.36. The van der Waals surface area contributed by atoms with Gasteiger partial charge < -0.3 is 4.98 Å². The number of nitrogens with one attached hydrogen (secondary N) is 1. The van der Waals surface area contributed by atoms with E-state index in [4.69, 9.17) is 0 Å². The van der Waals surface area contributed by atoms with E-state index in [1.807, 2.05) is 25.3 Å². The number of hydrogen-bond donors (Lipinski definition) is 1. The molecule has 1 N–H and O–H groups in total. The highest BCUT2D eigenvalue weighted by Crippen LogP contribution is 2.38. The Morgan fingerprint density at radius 2 is 1.82 bits per heavy atom. The lowest BCUT2D eigenvalue weighted by atomic mass is 9.94. The number of hydrogen-bond acceptors (Lipinski definition) is 3. The van der Waals surface area contributed by atoms with Crippen molar-refractivity contribution >= 4 is 31.8 Å². The third kappa shape index (κ3) is 3.10. The van der Waals surface area contributed by atoms with Gasteiger partial charge in [-0.25, -0.2) is 13.4 Å². The molecule has 0 aliphatic carbocycles. The Balaban J connectivity index is 0.00000225. The first-order valence-corrected chi connectivity index (χ1v) is 10.7. The maximum atomic E-state index is 12.4. The van der Waals surface area contributed by atoms with E-state index in [-0.39, 0.29) is 13.2 Å². The zero-order chi connectivity index (χ0) is 19.3. The smallest absolute Gasteiger partial charge is 0.178 e. The van der Waals surface area contributed by atoms with E-state index in [2.05, 4.69) is 35.9 Å². The molecule has 0 atom stereocenters. The average molecular weight is 395 g/mol. The van der Waals surface area contributed by atoms with Crippen LogP contribution in [0.1, 0.15) is 31.0 Å². The second kappa shape index (κ2) is 7.06. The van der Waals surface area contributed by atoms with Gasteiger partial charge in [0.2, 0.25) is 0 Å². The van der Waals surface area contributed by atoms with Crippen LogP contribution in [0.4, 0.5) is 0 Å². The van der Waals surface area contributed by atoms with E-state index in [0.717, 1.165) is 44.2 Å². The van der Waals surface area contributed by atoms with Gasteiger partial charge in [-0.15, -0.1) is 0 Å². The second-order valence-electron chi connectivity index (χ2n) is 7.08. The minimum Gasteiger partial charge on any atom is -0.339 e. The monoisotopic (exact) mass is 394 g/mol. The summed E-state index contributed by atoms with van der Waals surface area (Å²) in [5, 5.41) is 2.15. The zero-order valence-corrected chi connectivity index (χ0v) is 16.7. The highest BCUT2D eigenvalue weighted by Gasteiger charge is 2.17. The van der Waals surface area contributed by atoms with E-state index >= 15 is 0 Å². The van der Waals surface area contributed by atoms with Crippen molar-refractivity contribution in [2.24, 2.45) is 0 Å². The summed E-state index contributed by atoms with van der Waals surface area (Å²) in [6.45, 7) is 7.88. The molecule has 0 aliphatic rings. The third-order valence-corrected chi connectivity index (χ3v) is 7.00. The number of aromatic amines is 1. The first-order chi connectivity index (χ1) is 12.8. The van der Waals surface area contributed by atoms with Crippen molar-refractivity contribution in [3.63, 3.8) is 0 Å². The van der Waals surface area contributed by atoms with Crippen molar-refractivity contribution in [2.45, 2.75) is 40.0 Å². The van der Waals surface area contributed by atoms with Gasteiger partial charge in [0.05, 0.1) is 16.2 Å². The number of rotatable bonds is 3. The summed E-state index contributed by atoms with van der Waals surface area (Å²) in [6, 6.07) is 11.5. The molecule has 0 radical (unpaired) electrons. The van der Waals surface area contributed by atoms with Crippen molar-refractivity contribution in [2.75, 3.05) is 5.75 Å². The molecule has 0 amide bonds. The highest BCUT2D eigenvalue weighted by atomic mass is 32.2. The molecule has 2 aromatic carbocycles. The second-order valence-corrected chi connectivity index (χ2v) is 9.36. The first-order valence-electron chi connectivity index (χ1n) is 9.03. The average Bonchev–Trinajstić information content (AvgIpc) is 3.03. The van der Waals surface area contributed by atoms with Crippen LogP contribution in [0.2, 0.25) is 0 Å². The van der Waals surface area contributed by atoms with Crippen molar-refractivity contribution in [1.29, 1.82) is 0 Å². The number of pyridine rings is 1. The molecule has 5 heteroatoms. The molecular weight excluding hydrogens is 368 g/mol. The van der Waals surface area contributed by atoms with Crippen molar-refractivity contribution in [3.05, 3.63) is 59.3 Å². The Hall–Kier alpha value is -2.66. The van der Waals surface area contributed by atoms with E-state index in [1.54, 1.807) is 19.1 Å². The fraction of sp³-hybridized carbons (Fsp3) is 0.261. The maximum absolute atomic E-state index is 12.4. The van der Waals surface area contributed by atoms with Crippen molar-refractivity contribution in [3.8, 4) is 11.1 Å². The lowest BCUT2D eigenvalue weighted by Crippen LogP contribution is -2.03. The van der Waals surface area contributed by atoms with Gasteiger partial charge in [0.25, 0.3) is 0 Å². The standard InChI is InChI=1S/C22H22N2O2S.CH4/c1-5-27(25,26)17-8-6-7-16(11-17)18-10-14(3)15(4)21-20(18)19-9-13(2)12-23-22(19)24-21;/h6-12H,5H2,1-4H3,(H,23,24);1H4. The molecule has 0 spiro atoms. The lowest BCUT2D eigenvalue weighted by Gasteiger charge is -2.11. The number of aromatic nitrogens is 2. The molecule has 2 aromatic heterocycles. The molecule has 0 unspecified atom stereocenters. The van der Waals surface area contributed by atoms with Gasteiger partial charge in [-0.3, -0.25) is 0 Å². The van der Waals surface area contributed by atoms with Crippen molar-refractivity contribution in [1.82, 2.24) is 9.97 Å². The van der Waals surface area contributed by atoms with Gasteiger partial charge in [-0.2, -0.15) is 0 Å². The number of sulfone groups is 1. The number of H-pyrrole nitrogens is 1. The Morgan fingerprint density at radius 1 is 1.07 bits per heavy atom. The molecule has 0 saturated heterocycles. The predicted molar refractivity (Wildman–Crippen MR) is 118 cm³/mol. The molecule has 0 fully saturated rings. The molecule has 4 rings (SSSR count). The summed E-state index contributed by atoms with van der Waals surface area (Å²) >= 11 is 0. The molecule has 0 aliphatic heterocycles. The minimum absolute atomic E-state index is 0. The third-order valence-electron chi connectivity index (χ3n) is 5.27. The van der Waals surface area contributed by atoms with Gasteiger partial charge in [0.1, 0.15) is 5.65 Å². The van der Waals surface area contributed by atoms with E-state index < -0.39 is 9.84 Å². The molecule has 28 heavy (non-hydrogen) atoms. The minimum atomic E-state index is -3.26. The fourth-order valence-corrected chi connectivity index (χ4v) is 4.51. The van der Waals surface area contributed by atoms with Gasteiger partial charge in [-0.05, 0) is 66.8 Å². The number of benzene rings is 2. The lowest BCUT2D eigenvalue weighted by molar-refractivity contribution is 0.597. The molecular formula is C23H26N2O2S. The largest absolute Gasteiger partial charge is 0.339 e. The number of fused-ring (bicyclic) bond motifs is 3. The quantitative estimate of drug-likeness (QED) is 0.482. The normalized spacial score (nSPS) is 11.7. The van der Waals surface area contributed by atoms with Crippen LogP contribution in [0.5, 0.6) is 0 Å². The van der Waals surface area contributed by atoms with Crippen LogP contribution in [-0.2, 0) is 9.84 Å². The van der Waals surface area contributed by atoms with E-state index in [0.29, 0.717) is 4.90 Å². The van der Waals surface area contributed by atoms with Gasteiger partial charge >= 0.3 is 0 Å². The molecule has 2 heterocycles. The van der Waals surface area contributed by atoms with Crippen LogP contribution in [0.15, 0.2) is 47.5 Å². The Bertz CT molecular complexity index is 1300. The fourth-order valence-electron chi connectivity index (χ4n) is 3.58.